The molecule has 1 aliphatic rings. The predicted molar refractivity (Wildman–Crippen MR) is 79.8 cm³/mol. The second-order valence-electron chi connectivity index (χ2n) is 5.78. The number of rotatable bonds is 6. The van der Waals surface area contributed by atoms with Crippen molar-refractivity contribution in [2.45, 2.75) is 31.7 Å². The van der Waals surface area contributed by atoms with Gasteiger partial charge in [0.25, 0.3) is 0 Å². The summed E-state index contributed by atoms with van der Waals surface area (Å²) in [4.78, 5) is 23.3. The van der Waals surface area contributed by atoms with Gasteiger partial charge in [-0.1, -0.05) is 18.6 Å². The van der Waals surface area contributed by atoms with Crippen LogP contribution in [0.5, 0.6) is 0 Å². The molecule has 6 heteroatoms. The molecular weight excluding hydrogens is 282 g/mol. The van der Waals surface area contributed by atoms with Gasteiger partial charge in [-0.15, -0.1) is 0 Å². The summed E-state index contributed by atoms with van der Waals surface area (Å²) in [6.07, 6.45) is 2.35. The molecule has 4 N–H and O–H groups in total. The van der Waals surface area contributed by atoms with Gasteiger partial charge in [0, 0.05) is 6.54 Å². The van der Waals surface area contributed by atoms with Crippen molar-refractivity contribution in [2.24, 2.45) is 11.1 Å². The molecule has 0 spiro atoms. The van der Waals surface area contributed by atoms with Crippen LogP contribution in [0, 0.1) is 16.7 Å². The molecule has 6 nitrogen and oxygen atoms in total. The average molecular weight is 301 g/mol. The molecule has 0 radical (unpaired) electrons. The number of carbonyl (C=O) groups is 2. The number of aliphatic carboxylic acids is 1. The molecule has 2 rings (SSSR count). The lowest BCUT2D eigenvalue weighted by Crippen LogP contribution is -2.51. The summed E-state index contributed by atoms with van der Waals surface area (Å²) in [5.41, 5.74) is 6.36. The monoisotopic (exact) mass is 301 g/mol. The van der Waals surface area contributed by atoms with Gasteiger partial charge in [0.2, 0.25) is 5.91 Å². The van der Waals surface area contributed by atoms with Gasteiger partial charge in [0.15, 0.2) is 0 Å². The van der Waals surface area contributed by atoms with Gasteiger partial charge in [0.1, 0.15) is 0 Å². The number of nitrogens with two attached hydrogens (primary N) is 1. The lowest BCUT2D eigenvalue weighted by molar-refractivity contribution is -0.154. The summed E-state index contributed by atoms with van der Waals surface area (Å²) in [5, 5.41) is 20.7. The largest absolute Gasteiger partial charge is 0.481 e. The number of hydrogen-bond acceptors (Lipinski definition) is 4. The van der Waals surface area contributed by atoms with Crippen LogP contribution in [0.4, 0.5) is 0 Å². The Labute approximate surface area is 128 Å². The van der Waals surface area contributed by atoms with Gasteiger partial charge in [-0.2, -0.15) is 5.26 Å². The number of nitriles is 1. The van der Waals surface area contributed by atoms with Crippen molar-refractivity contribution in [1.82, 2.24) is 5.32 Å². The molecule has 22 heavy (non-hydrogen) atoms. The van der Waals surface area contributed by atoms with Crippen molar-refractivity contribution in [2.75, 3.05) is 6.54 Å². The van der Waals surface area contributed by atoms with Gasteiger partial charge >= 0.3 is 5.97 Å². The van der Waals surface area contributed by atoms with Crippen LogP contribution in [0.2, 0.25) is 0 Å². The molecule has 0 heterocycles. The Kier molecular flexibility index (Phi) is 4.78. The predicted octanol–water partition coefficient (Wildman–Crippen LogP) is 0.799. The van der Waals surface area contributed by atoms with Crippen molar-refractivity contribution >= 4 is 11.9 Å². The summed E-state index contributed by atoms with van der Waals surface area (Å²) >= 11 is 0. The minimum atomic E-state index is -0.866. The molecule has 1 saturated carbocycles. The van der Waals surface area contributed by atoms with E-state index >= 15 is 0 Å². The third-order valence-corrected chi connectivity index (χ3v) is 4.21. The van der Waals surface area contributed by atoms with E-state index in [0.717, 1.165) is 12.0 Å². The first-order chi connectivity index (χ1) is 10.5. The Morgan fingerprint density at radius 3 is 2.73 bits per heavy atom. The fourth-order valence-corrected chi connectivity index (χ4v) is 2.57. The van der Waals surface area contributed by atoms with E-state index in [-0.39, 0.29) is 12.5 Å². The highest BCUT2D eigenvalue weighted by atomic mass is 16.4. The maximum atomic E-state index is 12.0. The van der Waals surface area contributed by atoms with E-state index in [4.69, 9.17) is 11.0 Å². The molecule has 0 bridgehead atoms. The Balaban J connectivity index is 1.89. The second-order valence-corrected chi connectivity index (χ2v) is 5.78. The van der Waals surface area contributed by atoms with Crippen LogP contribution in [0.3, 0.4) is 0 Å². The topological polar surface area (TPSA) is 116 Å². The fourth-order valence-electron chi connectivity index (χ4n) is 2.57. The molecule has 1 fully saturated rings. The standard InChI is InChI=1S/C16H19N3O3/c17-9-12-4-1-3-11(7-12)8-13(18)14(20)19-10-16(15(21)22)5-2-6-16/h1,3-4,7,13H,2,5-6,8,10,18H2,(H,19,20)(H,21,22). The van der Waals surface area contributed by atoms with Gasteiger partial charge in [-0.25, -0.2) is 0 Å². The van der Waals surface area contributed by atoms with E-state index in [2.05, 4.69) is 5.32 Å². The van der Waals surface area contributed by atoms with Crippen molar-refractivity contribution in [3.05, 3.63) is 35.4 Å². The quantitative estimate of drug-likeness (QED) is 0.718. The van der Waals surface area contributed by atoms with Crippen LogP contribution in [-0.4, -0.2) is 29.6 Å². The lowest BCUT2D eigenvalue weighted by atomic mass is 9.69. The summed E-state index contributed by atoms with van der Waals surface area (Å²) in [6.45, 7) is 0.118. The number of hydrogen-bond donors (Lipinski definition) is 3. The summed E-state index contributed by atoms with van der Waals surface area (Å²) in [7, 11) is 0. The molecule has 1 aliphatic carbocycles. The van der Waals surface area contributed by atoms with Crippen LogP contribution >= 0.6 is 0 Å². The van der Waals surface area contributed by atoms with E-state index in [9.17, 15) is 14.7 Å². The molecule has 1 atom stereocenters. The van der Waals surface area contributed by atoms with Gasteiger partial charge in [-0.05, 0) is 37.0 Å². The molecular formula is C16H19N3O3. The number of nitrogens with zero attached hydrogens (tertiary/aromatic N) is 1. The summed E-state index contributed by atoms with van der Waals surface area (Å²) in [5.74, 6) is -1.23. The smallest absolute Gasteiger partial charge is 0.311 e. The number of amides is 1. The van der Waals surface area contributed by atoms with Crippen molar-refractivity contribution in [1.29, 1.82) is 5.26 Å². The van der Waals surface area contributed by atoms with E-state index in [1.54, 1.807) is 24.3 Å². The van der Waals surface area contributed by atoms with Crippen molar-refractivity contribution in [3.63, 3.8) is 0 Å². The average Bonchev–Trinajstić information content (AvgIpc) is 2.45. The molecule has 1 aromatic carbocycles. The highest BCUT2D eigenvalue weighted by Crippen LogP contribution is 2.40. The Morgan fingerprint density at radius 2 is 2.18 bits per heavy atom. The molecule has 1 unspecified atom stereocenters. The third-order valence-electron chi connectivity index (χ3n) is 4.21. The minimum Gasteiger partial charge on any atom is -0.481 e. The fraction of sp³-hybridized carbons (Fsp3) is 0.438. The zero-order chi connectivity index (χ0) is 16.2. The van der Waals surface area contributed by atoms with Crippen LogP contribution in [-0.2, 0) is 16.0 Å². The normalized spacial score (nSPS) is 16.9. The van der Waals surface area contributed by atoms with Crippen LogP contribution in [0.15, 0.2) is 24.3 Å². The molecule has 1 aromatic rings. The van der Waals surface area contributed by atoms with E-state index in [1.807, 2.05) is 6.07 Å². The zero-order valence-corrected chi connectivity index (χ0v) is 12.2. The number of carboxylic acids is 1. The first kappa shape index (κ1) is 16.0. The van der Waals surface area contributed by atoms with Gasteiger partial charge < -0.3 is 16.2 Å². The van der Waals surface area contributed by atoms with Crippen molar-refractivity contribution < 1.29 is 14.7 Å². The minimum absolute atomic E-state index is 0.118. The molecule has 116 valence electrons. The summed E-state index contributed by atoms with van der Waals surface area (Å²) < 4.78 is 0. The number of carboxylic acid groups (broad SMARTS) is 1. The number of nitrogens with one attached hydrogen (secondary N) is 1. The van der Waals surface area contributed by atoms with Crippen LogP contribution in [0.25, 0.3) is 0 Å². The summed E-state index contributed by atoms with van der Waals surface area (Å²) in [6, 6.07) is 8.19. The van der Waals surface area contributed by atoms with E-state index in [0.29, 0.717) is 24.8 Å². The maximum absolute atomic E-state index is 12.0. The maximum Gasteiger partial charge on any atom is 0.311 e. The zero-order valence-electron chi connectivity index (χ0n) is 12.2. The van der Waals surface area contributed by atoms with Gasteiger partial charge in [-0.3, -0.25) is 9.59 Å². The molecule has 0 saturated heterocycles. The van der Waals surface area contributed by atoms with Crippen molar-refractivity contribution in [3.8, 4) is 6.07 Å². The van der Waals surface area contributed by atoms with E-state index in [1.165, 1.54) is 0 Å². The highest BCUT2D eigenvalue weighted by molar-refractivity contribution is 5.83. The Morgan fingerprint density at radius 1 is 1.45 bits per heavy atom. The molecule has 0 aromatic heterocycles. The Bertz CT molecular complexity index is 617. The molecule has 0 aliphatic heterocycles. The number of benzene rings is 1. The first-order valence-electron chi connectivity index (χ1n) is 7.22. The Hall–Kier alpha value is -2.39. The van der Waals surface area contributed by atoms with Crippen LogP contribution < -0.4 is 11.1 Å². The SMILES string of the molecule is N#Cc1cccc(CC(N)C(=O)NCC2(C(=O)O)CCC2)c1. The van der Waals surface area contributed by atoms with E-state index < -0.39 is 17.4 Å². The first-order valence-corrected chi connectivity index (χ1v) is 7.22. The van der Waals surface area contributed by atoms with Crippen LogP contribution in [0.1, 0.15) is 30.4 Å². The highest BCUT2D eigenvalue weighted by Gasteiger charge is 2.44. The third kappa shape index (κ3) is 3.43. The number of carbonyl (C=O) groups excluding carboxylic acids is 1. The molecule has 1 amide bonds. The second kappa shape index (κ2) is 6.58. The van der Waals surface area contributed by atoms with Gasteiger partial charge in [0.05, 0.1) is 23.1 Å². The lowest BCUT2D eigenvalue weighted by Gasteiger charge is -2.37.